The first kappa shape index (κ1) is 16.6. The lowest BCUT2D eigenvalue weighted by atomic mass is 10.1. The third kappa shape index (κ3) is 3.73. The van der Waals surface area contributed by atoms with Crippen LogP contribution in [0, 0.1) is 0 Å². The van der Waals surface area contributed by atoms with Gasteiger partial charge in [0, 0.05) is 34.1 Å². The van der Waals surface area contributed by atoms with E-state index in [1.165, 1.54) is 32.1 Å². The maximum Gasteiger partial charge on any atom is 0.134 e. The van der Waals surface area contributed by atoms with E-state index in [2.05, 4.69) is 70.4 Å². The van der Waals surface area contributed by atoms with Gasteiger partial charge in [0.25, 0.3) is 0 Å². The first-order valence-electron chi connectivity index (χ1n) is 8.22. The summed E-state index contributed by atoms with van der Waals surface area (Å²) in [4.78, 5) is 3.32. The Morgan fingerprint density at radius 2 is 1.84 bits per heavy atom. The molecular formula is C20H18N2S3. The zero-order valence-corrected chi connectivity index (χ0v) is 16.1. The number of H-pyrrole nitrogens is 1. The molecule has 2 aromatic carbocycles. The number of fused-ring (bicyclic) bond motifs is 2. The molecule has 0 bridgehead atoms. The average molecular weight is 383 g/mol. The lowest BCUT2D eigenvalue weighted by molar-refractivity contribution is 0.887. The van der Waals surface area contributed by atoms with Gasteiger partial charge in [0.1, 0.15) is 4.32 Å². The lowest BCUT2D eigenvalue weighted by Gasteiger charge is -2.07. The standard InChI is InChI=1S/C20H18N2S3/c23-20(25-13-15-12-24-19-8-4-2-6-17(15)19)21-10-9-14-11-22-18-7-3-1-5-16(14)18/h1-8,11-12,22H,9-10,13H2,(H,21,23). The van der Waals surface area contributed by atoms with Crippen LogP contribution in [0.15, 0.2) is 60.1 Å². The van der Waals surface area contributed by atoms with Crippen LogP contribution in [0.4, 0.5) is 0 Å². The number of rotatable bonds is 5. The Balaban J connectivity index is 1.29. The molecule has 0 saturated carbocycles. The number of thioether (sulfide) groups is 1. The number of aromatic amines is 1. The van der Waals surface area contributed by atoms with Gasteiger partial charge in [-0.1, -0.05) is 60.4 Å². The van der Waals surface area contributed by atoms with Gasteiger partial charge in [0.2, 0.25) is 0 Å². The summed E-state index contributed by atoms with van der Waals surface area (Å²) in [6.07, 6.45) is 3.06. The predicted molar refractivity (Wildman–Crippen MR) is 116 cm³/mol. The molecule has 0 aliphatic carbocycles. The average Bonchev–Trinajstić information content (AvgIpc) is 3.24. The van der Waals surface area contributed by atoms with Crippen LogP contribution in [0.1, 0.15) is 11.1 Å². The second kappa shape index (κ2) is 7.60. The number of aromatic nitrogens is 1. The van der Waals surface area contributed by atoms with Crippen LogP contribution in [-0.2, 0) is 12.2 Å². The van der Waals surface area contributed by atoms with Gasteiger partial charge in [-0.25, -0.2) is 0 Å². The summed E-state index contributed by atoms with van der Waals surface area (Å²) < 4.78 is 2.21. The first-order valence-corrected chi connectivity index (χ1v) is 10.5. The summed E-state index contributed by atoms with van der Waals surface area (Å²) in [5.74, 6) is 0.920. The zero-order chi connectivity index (χ0) is 17.1. The van der Waals surface area contributed by atoms with Crippen molar-refractivity contribution < 1.29 is 0 Å². The number of hydrogen-bond acceptors (Lipinski definition) is 3. The zero-order valence-electron chi connectivity index (χ0n) is 13.6. The van der Waals surface area contributed by atoms with Gasteiger partial charge in [0.05, 0.1) is 0 Å². The van der Waals surface area contributed by atoms with Gasteiger partial charge in [-0.3, -0.25) is 0 Å². The highest BCUT2D eigenvalue weighted by atomic mass is 32.2. The van der Waals surface area contributed by atoms with E-state index in [4.69, 9.17) is 12.2 Å². The fourth-order valence-corrected chi connectivity index (χ4v) is 5.05. The topological polar surface area (TPSA) is 27.8 Å². The second-order valence-corrected chi connectivity index (χ2v) is 8.43. The maximum atomic E-state index is 5.49. The summed E-state index contributed by atoms with van der Waals surface area (Å²) in [7, 11) is 0. The molecule has 4 rings (SSSR count). The predicted octanol–water partition coefficient (Wildman–Crippen LogP) is 5.73. The van der Waals surface area contributed by atoms with Gasteiger partial charge in [0.15, 0.2) is 0 Å². The van der Waals surface area contributed by atoms with Gasteiger partial charge in [-0.15, -0.1) is 11.3 Å². The molecule has 0 fully saturated rings. The Morgan fingerprint density at radius 3 is 2.76 bits per heavy atom. The molecule has 2 N–H and O–H groups in total. The minimum absolute atomic E-state index is 0.859. The third-order valence-corrected chi connectivity index (χ3v) is 6.63. The van der Waals surface area contributed by atoms with Gasteiger partial charge >= 0.3 is 0 Å². The van der Waals surface area contributed by atoms with Crippen LogP contribution in [0.5, 0.6) is 0 Å². The number of thiocarbonyl (C=S) groups is 1. The quantitative estimate of drug-likeness (QED) is 0.432. The molecule has 0 spiro atoms. The van der Waals surface area contributed by atoms with E-state index in [0.717, 1.165) is 23.0 Å². The van der Waals surface area contributed by atoms with Gasteiger partial charge in [-0.2, -0.15) is 0 Å². The molecule has 2 heterocycles. The number of thiophene rings is 1. The third-order valence-electron chi connectivity index (χ3n) is 4.26. The van der Waals surface area contributed by atoms with Gasteiger partial charge < -0.3 is 10.3 Å². The van der Waals surface area contributed by atoms with Crippen molar-refractivity contribution in [3.8, 4) is 0 Å². The minimum Gasteiger partial charge on any atom is -0.371 e. The monoisotopic (exact) mass is 382 g/mol. The van der Waals surface area contributed by atoms with Crippen molar-refractivity contribution in [2.45, 2.75) is 12.2 Å². The summed E-state index contributed by atoms with van der Waals surface area (Å²) >= 11 is 9.00. The largest absolute Gasteiger partial charge is 0.371 e. The fourth-order valence-electron chi connectivity index (χ4n) is 2.98. The van der Waals surface area contributed by atoms with Crippen molar-refractivity contribution in [2.75, 3.05) is 6.54 Å². The van der Waals surface area contributed by atoms with Crippen LogP contribution in [0.2, 0.25) is 0 Å². The van der Waals surface area contributed by atoms with Crippen LogP contribution < -0.4 is 5.32 Å². The van der Waals surface area contributed by atoms with Crippen molar-refractivity contribution in [1.29, 1.82) is 0 Å². The lowest BCUT2D eigenvalue weighted by Crippen LogP contribution is -2.21. The molecule has 0 aliphatic heterocycles. The molecule has 2 aromatic heterocycles. The highest BCUT2D eigenvalue weighted by molar-refractivity contribution is 8.22. The van der Waals surface area contributed by atoms with Crippen LogP contribution in [-0.4, -0.2) is 15.8 Å². The van der Waals surface area contributed by atoms with Crippen molar-refractivity contribution in [3.05, 3.63) is 71.2 Å². The van der Waals surface area contributed by atoms with Gasteiger partial charge in [-0.05, 0) is 40.4 Å². The van der Waals surface area contributed by atoms with Crippen molar-refractivity contribution in [3.63, 3.8) is 0 Å². The molecule has 0 atom stereocenters. The first-order chi connectivity index (χ1) is 12.3. The molecule has 126 valence electrons. The Hall–Kier alpha value is -1.82. The molecular weight excluding hydrogens is 364 g/mol. The SMILES string of the molecule is S=C(NCCc1c[nH]c2ccccc12)SCc1csc2ccccc12. The number of benzene rings is 2. The highest BCUT2D eigenvalue weighted by Crippen LogP contribution is 2.28. The van der Waals surface area contributed by atoms with Crippen LogP contribution in [0.3, 0.4) is 0 Å². The smallest absolute Gasteiger partial charge is 0.134 e. The Morgan fingerprint density at radius 1 is 1.04 bits per heavy atom. The second-order valence-electron chi connectivity index (χ2n) is 5.87. The van der Waals surface area contributed by atoms with E-state index < -0.39 is 0 Å². The van der Waals surface area contributed by atoms with E-state index in [1.807, 2.05) is 0 Å². The normalized spacial score (nSPS) is 11.2. The van der Waals surface area contributed by atoms with E-state index in [0.29, 0.717) is 0 Å². The van der Waals surface area contributed by atoms with E-state index >= 15 is 0 Å². The minimum atomic E-state index is 0.859. The summed E-state index contributed by atoms with van der Waals surface area (Å²) in [6, 6.07) is 17.0. The van der Waals surface area contributed by atoms with E-state index in [1.54, 1.807) is 23.1 Å². The molecule has 2 nitrogen and oxygen atoms in total. The molecule has 5 heteroatoms. The molecule has 0 saturated heterocycles. The van der Waals surface area contributed by atoms with Crippen LogP contribution >= 0.6 is 35.3 Å². The summed E-state index contributed by atoms with van der Waals surface area (Å²) in [5, 5.41) is 8.27. The molecule has 0 unspecified atom stereocenters. The molecule has 25 heavy (non-hydrogen) atoms. The summed E-state index contributed by atoms with van der Waals surface area (Å²) in [6.45, 7) is 0.859. The van der Waals surface area contributed by atoms with Crippen molar-refractivity contribution in [2.24, 2.45) is 0 Å². The number of hydrogen-bond donors (Lipinski definition) is 2. The Labute approximate surface area is 160 Å². The molecule has 0 aliphatic rings. The Kier molecular flexibility index (Phi) is 5.06. The number of para-hydroxylation sites is 1. The van der Waals surface area contributed by atoms with E-state index in [-0.39, 0.29) is 0 Å². The molecule has 0 radical (unpaired) electrons. The van der Waals surface area contributed by atoms with Crippen molar-refractivity contribution >= 4 is 60.6 Å². The van der Waals surface area contributed by atoms with Crippen molar-refractivity contribution in [1.82, 2.24) is 10.3 Å². The molecule has 0 amide bonds. The van der Waals surface area contributed by atoms with Crippen LogP contribution in [0.25, 0.3) is 21.0 Å². The van der Waals surface area contributed by atoms with E-state index in [9.17, 15) is 0 Å². The summed E-state index contributed by atoms with van der Waals surface area (Å²) in [5.41, 5.74) is 3.89. The number of nitrogens with one attached hydrogen (secondary N) is 2. The fraction of sp³-hybridized carbons (Fsp3) is 0.150. The maximum absolute atomic E-state index is 5.49. The molecule has 4 aromatic rings. The highest BCUT2D eigenvalue weighted by Gasteiger charge is 2.06. The Bertz CT molecular complexity index is 1020.